The summed E-state index contributed by atoms with van der Waals surface area (Å²) < 4.78 is 8.26. The predicted octanol–water partition coefficient (Wildman–Crippen LogP) is 0.729. The maximum Gasteiger partial charge on any atom is 0.328 e. The van der Waals surface area contributed by atoms with Gasteiger partial charge in [0, 0.05) is 13.1 Å². The quantitative estimate of drug-likeness (QED) is 0.854. The summed E-state index contributed by atoms with van der Waals surface area (Å²) in [5.41, 5.74) is 1.48. The topological polar surface area (TPSA) is 56.4 Å². The fourth-order valence-electron chi connectivity index (χ4n) is 1.95. The number of aromatic nitrogens is 2. The Labute approximate surface area is 98.9 Å². The van der Waals surface area contributed by atoms with Crippen molar-refractivity contribution in [1.29, 1.82) is 0 Å². The largest absolute Gasteiger partial charge is 0.497 e. The Morgan fingerprint density at radius 2 is 2.12 bits per heavy atom. The van der Waals surface area contributed by atoms with Crippen LogP contribution in [0.15, 0.2) is 23.0 Å². The Morgan fingerprint density at radius 1 is 1.41 bits per heavy atom. The third-order valence-electron chi connectivity index (χ3n) is 2.80. The second-order valence-corrected chi connectivity index (χ2v) is 4.16. The molecular formula is C12H16N2O3. The van der Waals surface area contributed by atoms with E-state index in [4.69, 9.17) is 4.74 Å². The van der Waals surface area contributed by atoms with E-state index in [1.54, 1.807) is 36.3 Å². The van der Waals surface area contributed by atoms with Crippen LogP contribution in [0, 0.1) is 0 Å². The molecule has 1 heterocycles. The number of hydrogen-bond donors (Lipinski definition) is 1. The van der Waals surface area contributed by atoms with Gasteiger partial charge in [0.2, 0.25) is 0 Å². The zero-order valence-electron chi connectivity index (χ0n) is 10.2. The Morgan fingerprint density at radius 3 is 2.71 bits per heavy atom. The van der Waals surface area contributed by atoms with Crippen LogP contribution >= 0.6 is 0 Å². The van der Waals surface area contributed by atoms with Gasteiger partial charge >= 0.3 is 5.69 Å². The Hall–Kier alpha value is -1.75. The van der Waals surface area contributed by atoms with Crippen LogP contribution in [0.25, 0.3) is 11.0 Å². The lowest BCUT2D eigenvalue weighted by atomic mass is 10.3. The van der Waals surface area contributed by atoms with E-state index in [1.165, 1.54) is 0 Å². The number of ether oxygens (including phenoxy) is 1. The maximum atomic E-state index is 12.0. The monoisotopic (exact) mass is 236 g/mol. The lowest BCUT2D eigenvalue weighted by molar-refractivity contribution is 0.173. The van der Waals surface area contributed by atoms with Crippen LogP contribution < -0.4 is 10.4 Å². The van der Waals surface area contributed by atoms with Crippen molar-refractivity contribution >= 4 is 11.0 Å². The first-order valence-electron chi connectivity index (χ1n) is 5.46. The Balaban J connectivity index is 2.69. The molecule has 92 valence electrons. The van der Waals surface area contributed by atoms with Gasteiger partial charge in [-0.2, -0.15) is 0 Å². The molecule has 0 fully saturated rings. The number of nitrogens with zero attached hydrogens (tertiary/aromatic N) is 2. The predicted molar refractivity (Wildman–Crippen MR) is 65.4 cm³/mol. The van der Waals surface area contributed by atoms with Gasteiger partial charge in [0.05, 0.1) is 30.8 Å². The normalized spacial score (nSPS) is 12.9. The molecule has 1 atom stereocenters. The van der Waals surface area contributed by atoms with Crippen LogP contribution in [0.3, 0.4) is 0 Å². The van der Waals surface area contributed by atoms with Gasteiger partial charge in [-0.1, -0.05) is 0 Å². The molecular weight excluding hydrogens is 220 g/mol. The molecule has 0 radical (unpaired) electrons. The van der Waals surface area contributed by atoms with E-state index in [9.17, 15) is 9.90 Å². The maximum absolute atomic E-state index is 12.0. The van der Waals surface area contributed by atoms with Gasteiger partial charge in [-0.15, -0.1) is 0 Å². The lowest BCUT2D eigenvalue weighted by Gasteiger charge is -2.05. The number of fused-ring (bicyclic) bond motifs is 1. The van der Waals surface area contributed by atoms with Crippen LogP contribution in [0.1, 0.15) is 6.92 Å². The van der Waals surface area contributed by atoms with Gasteiger partial charge in [0.25, 0.3) is 0 Å². The molecule has 17 heavy (non-hydrogen) atoms. The van der Waals surface area contributed by atoms with E-state index < -0.39 is 6.10 Å². The van der Waals surface area contributed by atoms with Crippen LogP contribution in [0.4, 0.5) is 0 Å². The van der Waals surface area contributed by atoms with E-state index in [-0.39, 0.29) is 5.69 Å². The summed E-state index contributed by atoms with van der Waals surface area (Å²) in [7, 11) is 3.30. The summed E-state index contributed by atoms with van der Waals surface area (Å²) in [5, 5.41) is 9.41. The van der Waals surface area contributed by atoms with Gasteiger partial charge in [-0.25, -0.2) is 4.79 Å². The summed E-state index contributed by atoms with van der Waals surface area (Å²) in [6, 6.07) is 5.45. The smallest absolute Gasteiger partial charge is 0.328 e. The van der Waals surface area contributed by atoms with Crippen LogP contribution in [-0.2, 0) is 13.6 Å². The standard InChI is InChI=1S/C12H16N2O3/c1-8(15)7-14-10-5-4-9(17-3)6-11(10)13(2)12(14)16/h4-6,8,15H,7H2,1-3H3. The van der Waals surface area contributed by atoms with Gasteiger partial charge in [-0.05, 0) is 19.1 Å². The molecule has 2 aromatic rings. The highest BCUT2D eigenvalue weighted by Gasteiger charge is 2.12. The number of aliphatic hydroxyl groups is 1. The highest BCUT2D eigenvalue weighted by molar-refractivity contribution is 5.77. The molecule has 1 unspecified atom stereocenters. The average Bonchev–Trinajstić information content (AvgIpc) is 2.54. The molecule has 5 nitrogen and oxygen atoms in total. The lowest BCUT2D eigenvalue weighted by Crippen LogP contribution is -2.26. The average molecular weight is 236 g/mol. The number of aryl methyl sites for hydroxylation is 1. The summed E-state index contributed by atoms with van der Waals surface area (Å²) in [5.74, 6) is 0.710. The minimum atomic E-state index is -0.555. The highest BCUT2D eigenvalue weighted by Crippen LogP contribution is 2.19. The number of imidazole rings is 1. The second kappa shape index (κ2) is 4.25. The summed E-state index contributed by atoms with van der Waals surface area (Å²) >= 11 is 0. The molecule has 0 aliphatic heterocycles. The highest BCUT2D eigenvalue weighted by atomic mass is 16.5. The summed E-state index contributed by atoms with van der Waals surface area (Å²) in [6.45, 7) is 1.96. The summed E-state index contributed by atoms with van der Waals surface area (Å²) in [4.78, 5) is 12.0. The Bertz CT molecular complexity index is 596. The van der Waals surface area contributed by atoms with Gasteiger partial charge in [-0.3, -0.25) is 9.13 Å². The van der Waals surface area contributed by atoms with Crippen molar-refractivity contribution in [2.45, 2.75) is 19.6 Å². The van der Waals surface area contributed by atoms with Crippen molar-refractivity contribution in [2.75, 3.05) is 7.11 Å². The molecule has 2 rings (SSSR count). The Kier molecular flexibility index (Phi) is 2.93. The molecule has 0 saturated heterocycles. The molecule has 1 N–H and O–H groups in total. The summed E-state index contributed by atoms with van der Waals surface area (Å²) in [6.07, 6.45) is -0.555. The SMILES string of the molecule is COc1ccc2c(c1)n(C)c(=O)n2CC(C)O. The van der Waals surface area contributed by atoms with Crippen molar-refractivity contribution in [3.8, 4) is 5.75 Å². The molecule has 0 aliphatic carbocycles. The molecule has 0 saturated carbocycles. The number of benzene rings is 1. The van der Waals surface area contributed by atoms with Crippen molar-refractivity contribution in [1.82, 2.24) is 9.13 Å². The number of aliphatic hydroxyl groups excluding tert-OH is 1. The third-order valence-corrected chi connectivity index (χ3v) is 2.80. The number of hydrogen-bond acceptors (Lipinski definition) is 3. The van der Waals surface area contributed by atoms with Crippen LogP contribution in [-0.4, -0.2) is 27.5 Å². The number of methoxy groups -OCH3 is 1. The van der Waals surface area contributed by atoms with Gasteiger partial charge in [0.15, 0.2) is 0 Å². The van der Waals surface area contributed by atoms with E-state index in [1.807, 2.05) is 12.1 Å². The minimum absolute atomic E-state index is 0.130. The van der Waals surface area contributed by atoms with Crippen LogP contribution in [0.5, 0.6) is 5.75 Å². The third kappa shape index (κ3) is 1.93. The van der Waals surface area contributed by atoms with E-state index >= 15 is 0 Å². The molecule has 0 aliphatic rings. The second-order valence-electron chi connectivity index (χ2n) is 4.16. The van der Waals surface area contributed by atoms with Crippen molar-refractivity contribution in [3.63, 3.8) is 0 Å². The molecule has 1 aromatic heterocycles. The zero-order chi connectivity index (χ0) is 12.6. The van der Waals surface area contributed by atoms with Crippen molar-refractivity contribution in [3.05, 3.63) is 28.7 Å². The zero-order valence-corrected chi connectivity index (χ0v) is 10.2. The van der Waals surface area contributed by atoms with Gasteiger partial charge in [0.1, 0.15) is 5.75 Å². The van der Waals surface area contributed by atoms with E-state index in [2.05, 4.69) is 0 Å². The van der Waals surface area contributed by atoms with E-state index in [0.29, 0.717) is 12.3 Å². The van der Waals surface area contributed by atoms with Crippen molar-refractivity contribution in [2.24, 2.45) is 7.05 Å². The van der Waals surface area contributed by atoms with E-state index in [0.717, 1.165) is 11.0 Å². The molecule has 0 spiro atoms. The fourth-order valence-corrected chi connectivity index (χ4v) is 1.95. The van der Waals surface area contributed by atoms with Crippen LogP contribution in [0.2, 0.25) is 0 Å². The molecule has 1 aromatic carbocycles. The first kappa shape index (κ1) is 11.7. The first-order chi connectivity index (χ1) is 8.04. The minimum Gasteiger partial charge on any atom is -0.497 e. The molecule has 5 heteroatoms. The first-order valence-corrected chi connectivity index (χ1v) is 5.46. The fraction of sp³-hybridized carbons (Fsp3) is 0.417. The van der Waals surface area contributed by atoms with Crippen molar-refractivity contribution < 1.29 is 9.84 Å². The molecule has 0 amide bonds. The molecule has 0 bridgehead atoms. The van der Waals surface area contributed by atoms with Gasteiger partial charge < -0.3 is 9.84 Å². The number of rotatable bonds is 3.